The lowest BCUT2D eigenvalue weighted by atomic mass is 10.2. The van der Waals surface area contributed by atoms with Gasteiger partial charge < -0.3 is 15.1 Å². The van der Waals surface area contributed by atoms with Crippen LogP contribution >= 0.6 is 0 Å². The van der Waals surface area contributed by atoms with Gasteiger partial charge in [0.2, 0.25) is 11.8 Å². The van der Waals surface area contributed by atoms with Crippen molar-refractivity contribution >= 4 is 23.2 Å². The third kappa shape index (κ3) is 5.74. The highest BCUT2D eigenvalue weighted by Gasteiger charge is 2.23. The molecule has 2 amide bonds. The number of nitro benzene ring substituents is 1. The molecule has 0 unspecified atom stereocenters. The van der Waals surface area contributed by atoms with E-state index in [-0.39, 0.29) is 17.5 Å². The van der Waals surface area contributed by atoms with Gasteiger partial charge in [0.15, 0.2) is 0 Å². The maximum absolute atomic E-state index is 12.2. The zero-order valence-electron chi connectivity index (χ0n) is 16.0. The molecule has 1 N–H and O–H groups in total. The Kier molecular flexibility index (Phi) is 6.94. The molecule has 0 saturated carbocycles. The number of piperazine rings is 1. The number of nitrogens with zero attached hydrogens (tertiary/aromatic N) is 4. The van der Waals surface area contributed by atoms with Gasteiger partial charge in [-0.3, -0.25) is 24.6 Å². The van der Waals surface area contributed by atoms with Crippen molar-refractivity contribution in [1.82, 2.24) is 14.7 Å². The summed E-state index contributed by atoms with van der Waals surface area (Å²) < 4.78 is 0. The molecule has 152 valence electrons. The smallest absolute Gasteiger partial charge is 0.269 e. The van der Waals surface area contributed by atoms with E-state index in [2.05, 4.69) is 15.1 Å². The van der Waals surface area contributed by atoms with Gasteiger partial charge in [0, 0.05) is 70.1 Å². The predicted molar refractivity (Wildman–Crippen MR) is 105 cm³/mol. The Hall–Kier alpha value is -2.52. The fourth-order valence-electron chi connectivity index (χ4n) is 3.58. The van der Waals surface area contributed by atoms with Crippen LogP contribution in [0.5, 0.6) is 0 Å². The van der Waals surface area contributed by atoms with Crippen molar-refractivity contribution in [1.29, 1.82) is 0 Å². The van der Waals surface area contributed by atoms with Crippen LogP contribution in [-0.4, -0.2) is 83.8 Å². The van der Waals surface area contributed by atoms with Gasteiger partial charge in [-0.1, -0.05) is 0 Å². The standard InChI is InChI=1S/C19H27N5O4/c25-18(20-16-3-5-17(6-4-16)24(27)28)7-10-21-11-13-22(14-12-21)15-19(26)23-8-1-2-9-23/h3-6H,1-2,7-15H2,(H,20,25). The molecule has 0 atom stereocenters. The number of nitrogens with one attached hydrogen (secondary N) is 1. The molecule has 1 aromatic rings. The first kappa shape index (κ1) is 20.2. The molecule has 2 fully saturated rings. The van der Waals surface area contributed by atoms with Crippen molar-refractivity contribution in [2.24, 2.45) is 0 Å². The lowest BCUT2D eigenvalue weighted by molar-refractivity contribution is -0.384. The zero-order chi connectivity index (χ0) is 19.9. The number of carbonyl (C=O) groups is 2. The number of non-ortho nitro benzene ring substituents is 1. The van der Waals surface area contributed by atoms with Crippen LogP contribution in [-0.2, 0) is 9.59 Å². The van der Waals surface area contributed by atoms with Gasteiger partial charge in [-0.25, -0.2) is 0 Å². The molecule has 0 aromatic heterocycles. The molecule has 0 aliphatic carbocycles. The minimum atomic E-state index is -0.468. The van der Waals surface area contributed by atoms with E-state index in [4.69, 9.17) is 0 Å². The topological polar surface area (TPSA) is 99.0 Å². The minimum Gasteiger partial charge on any atom is -0.342 e. The molecule has 28 heavy (non-hydrogen) atoms. The van der Waals surface area contributed by atoms with Gasteiger partial charge in [-0.2, -0.15) is 0 Å². The van der Waals surface area contributed by atoms with Crippen molar-refractivity contribution in [2.45, 2.75) is 19.3 Å². The molecule has 9 nitrogen and oxygen atoms in total. The number of likely N-dealkylation sites (tertiary alicyclic amines) is 1. The van der Waals surface area contributed by atoms with Crippen LogP contribution in [0.4, 0.5) is 11.4 Å². The maximum Gasteiger partial charge on any atom is 0.269 e. The summed E-state index contributed by atoms with van der Waals surface area (Å²) in [6, 6.07) is 5.81. The fourth-order valence-corrected chi connectivity index (χ4v) is 3.58. The van der Waals surface area contributed by atoms with Crippen LogP contribution in [0.15, 0.2) is 24.3 Å². The predicted octanol–water partition coefficient (Wildman–Crippen LogP) is 1.16. The Labute approximate surface area is 164 Å². The van der Waals surface area contributed by atoms with E-state index in [1.807, 2.05) is 4.90 Å². The van der Waals surface area contributed by atoms with Crippen molar-refractivity contribution in [3.63, 3.8) is 0 Å². The van der Waals surface area contributed by atoms with Gasteiger partial charge in [-0.15, -0.1) is 0 Å². The third-order valence-electron chi connectivity index (χ3n) is 5.30. The Morgan fingerprint density at radius 1 is 0.964 bits per heavy atom. The molecular formula is C19H27N5O4. The molecule has 0 bridgehead atoms. The van der Waals surface area contributed by atoms with Crippen molar-refractivity contribution < 1.29 is 14.5 Å². The van der Waals surface area contributed by atoms with Crippen molar-refractivity contribution in [3.8, 4) is 0 Å². The Balaban J connectivity index is 1.33. The number of rotatable bonds is 7. The van der Waals surface area contributed by atoms with Gasteiger partial charge in [0.25, 0.3) is 5.69 Å². The number of amides is 2. The number of hydrogen-bond donors (Lipinski definition) is 1. The van der Waals surface area contributed by atoms with Crippen LogP contribution in [0.3, 0.4) is 0 Å². The molecule has 1 aromatic carbocycles. The highest BCUT2D eigenvalue weighted by atomic mass is 16.6. The minimum absolute atomic E-state index is 0.000849. The highest BCUT2D eigenvalue weighted by Crippen LogP contribution is 2.15. The van der Waals surface area contributed by atoms with Gasteiger partial charge in [-0.05, 0) is 25.0 Å². The number of anilines is 1. The first-order valence-corrected chi connectivity index (χ1v) is 9.78. The summed E-state index contributed by atoms with van der Waals surface area (Å²) in [6.45, 7) is 6.30. The first-order chi connectivity index (χ1) is 13.5. The second-order valence-electron chi connectivity index (χ2n) is 7.31. The molecule has 0 radical (unpaired) electrons. The molecule has 2 saturated heterocycles. The SMILES string of the molecule is O=C(CCN1CCN(CC(=O)N2CCCC2)CC1)Nc1ccc([N+](=O)[O-])cc1. The highest BCUT2D eigenvalue weighted by molar-refractivity contribution is 5.90. The summed E-state index contributed by atoms with van der Waals surface area (Å²) in [5.74, 6) is 0.119. The van der Waals surface area contributed by atoms with E-state index < -0.39 is 4.92 Å². The maximum atomic E-state index is 12.2. The summed E-state index contributed by atoms with van der Waals surface area (Å²) in [4.78, 5) is 40.9. The molecule has 0 spiro atoms. The largest absolute Gasteiger partial charge is 0.342 e. The molecule has 2 heterocycles. The first-order valence-electron chi connectivity index (χ1n) is 9.78. The van der Waals surface area contributed by atoms with E-state index in [9.17, 15) is 19.7 Å². The quantitative estimate of drug-likeness (QED) is 0.555. The van der Waals surface area contributed by atoms with Crippen molar-refractivity contribution in [2.75, 3.05) is 57.7 Å². The summed E-state index contributed by atoms with van der Waals surface area (Å²) in [5, 5.41) is 13.4. The van der Waals surface area contributed by atoms with Gasteiger partial charge in [0.1, 0.15) is 0 Å². The molecule has 2 aliphatic heterocycles. The van der Waals surface area contributed by atoms with E-state index in [0.29, 0.717) is 25.2 Å². The number of benzene rings is 1. The fraction of sp³-hybridized carbons (Fsp3) is 0.579. The second kappa shape index (κ2) is 9.61. The van der Waals surface area contributed by atoms with Crippen LogP contribution < -0.4 is 5.32 Å². The number of carbonyl (C=O) groups excluding carboxylic acids is 2. The van der Waals surface area contributed by atoms with Crippen LogP contribution in [0.1, 0.15) is 19.3 Å². The van der Waals surface area contributed by atoms with E-state index in [0.717, 1.165) is 52.1 Å². The van der Waals surface area contributed by atoms with E-state index in [1.165, 1.54) is 24.3 Å². The number of hydrogen-bond acceptors (Lipinski definition) is 6. The average Bonchev–Trinajstić information content (AvgIpc) is 3.23. The van der Waals surface area contributed by atoms with E-state index >= 15 is 0 Å². The van der Waals surface area contributed by atoms with Crippen LogP contribution in [0.25, 0.3) is 0 Å². The summed E-state index contributed by atoms with van der Waals surface area (Å²) in [7, 11) is 0. The summed E-state index contributed by atoms with van der Waals surface area (Å²) >= 11 is 0. The Morgan fingerprint density at radius 3 is 2.18 bits per heavy atom. The molecule has 9 heteroatoms. The monoisotopic (exact) mass is 389 g/mol. The average molecular weight is 389 g/mol. The lowest BCUT2D eigenvalue weighted by Gasteiger charge is -2.34. The summed E-state index contributed by atoms with van der Waals surface area (Å²) in [5.41, 5.74) is 0.555. The summed E-state index contributed by atoms with van der Waals surface area (Å²) in [6.07, 6.45) is 2.59. The van der Waals surface area contributed by atoms with Gasteiger partial charge in [0.05, 0.1) is 11.5 Å². The normalized spacial score (nSPS) is 18.2. The molecule has 3 rings (SSSR count). The molecule has 2 aliphatic rings. The van der Waals surface area contributed by atoms with Crippen molar-refractivity contribution in [3.05, 3.63) is 34.4 Å². The Morgan fingerprint density at radius 2 is 1.57 bits per heavy atom. The zero-order valence-corrected chi connectivity index (χ0v) is 16.0. The lowest BCUT2D eigenvalue weighted by Crippen LogP contribution is -2.50. The third-order valence-corrected chi connectivity index (χ3v) is 5.30. The van der Waals surface area contributed by atoms with Crippen LogP contribution in [0, 0.1) is 10.1 Å². The number of nitro groups is 1. The molecular weight excluding hydrogens is 362 g/mol. The van der Waals surface area contributed by atoms with Crippen LogP contribution in [0.2, 0.25) is 0 Å². The Bertz CT molecular complexity index is 695. The second-order valence-corrected chi connectivity index (χ2v) is 7.31. The van der Waals surface area contributed by atoms with Gasteiger partial charge >= 0.3 is 0 Å². The van der Waals surface area contributed by atoms with E-state index in [1.54, 1.807) is 0 Å².